The van der Waals surface area contributed by atoms with Crippen LogP contribution in [0.25, 0.3) is 0 Å². The molecule has 1 amide bonds. The van der Waals surface area contributed by atoms with Gasteiger partial charge in [0.15, 0.2) is 0 Å². The Labute approximate surface area is 106 Å². The number of carbonyl (C=O) groups is 1. The van der Waals surface area contributed by atoms with Crippen molar-refractivity contribution < 1.29 is 35.2 Å². The summed E-state index contributed by atoms with van der Waals surface area (Å²) in [5, 5.41) is -0.809. The third kappa shape index (κ3) is 3.34. The molecule has 0 bridgehead atoms. The minimum absolute atomic E-state index is 0.140. The van der Waals surface area contributed by atoms with Crippen LogP contribution in [-0.2, 0) is 14.6 Å². The highest BCUT2D eigenvalue weighted by Crippen LogP contribution is 2.37. The van der Waals surface area contributed by atoms with E-state index in [1.807, 2.05) is 0 Å². The number of nitrogens with zero attached hydrogens (tertiary/aromatic N) is 1. The van der Waals surface area contributed by atoms with Crippen molar-refractivity contribution in [2.45, 2.75) is 30.2 Å². The first kappa shape index (κ1) is 16.1. The lowest BCUT2D eigenvalue weighted by Gasteiger charge is -2.33. The molecule has 1 rings (SSSR count). The number of sulfone groups is 1. The van der Waals surface area contributed by atoms with Crippen molar-refractivity contribution in [1.29, 1.82) is 0 Å². The van der Waals surface area contributed by atoms with Gasteiger partial charge in [-0.2, -0.15) is 22.0 Å². The smallest absolute Gasteiger partial charge is 0.337 e. The third-order valence-corrected chi connectivity index (χ3v) is 4.64. The van der Waals surface area contributed by atoms with Gasteiger partial charge in [-0.1, -0.05) is 0 Å². The molecule has 0 radical (unpaired) electrons. The predicted molar refractivity (Wildman–Crippen MR) is 55.4 cm³/mol. The molecule has 1 aliphatic rings. The number of carbonyl (C=O) groups excluding carboxylic acids is 1. The summed E-state index contributed by atoms with van der Waals surface area (Å²) >= 11 is 0. The minimum atomic E-state index is -5.95. The maximum atomic E-state index is 12.8. The highest BCUT2D eigenvalue weighted by Gasteiger charge is 2.64. The molecule has 19 heavy (non-hydrogen) atoms. The lowest BCUT2D eigenvalue weighted by Crippen LogP contribution is -2.54. The Hall–Kier alpha value is -0.930. The van der Waals surface area contributed by atoms with Gasteiger partial charge in [0.25, 0.3) is 0 Å². The van der Waals surface area contributed by atoms with E-state index in [0.717, 1.165) is 6.26 Å². The molecule has 0 aliphatic carbocycles. The van der Waals surface area contributed by atoms with Crippen LogP contribution in [0.2, 0.25) is 0 Å². The second-order valence-electron chi connectivity index (χ2n) is 4.39. The summed E-state index contributed by atoms with van der Waals surface area (Å²) in [6, 6.07) is 0. The molecule has 1 heterocycles. The summed E-state index contributed by atoms with van der Waals surface area (Å²) in [7, 11) is -3.39. The van der Waals surface area contributed by atoms with Crippen molar-refractivity contribution in [1.82, 2.24) is 4.90 Å². The van der Waals surface area contributed by atoms with Crippen molar-refractivity contribution >= 4 is 15.7 Å². The van der Waals surface area contributed by atoms with Crippen molar-refractivity contribution in [2.24, 2.45) is 0 Å². The zero-order chi connectivity index (χ0) is 15.1. The fourth-order valence-electron chi connectivity index (χ4n) is 1.81. The maximum Gasteiger partial charge on any atom is 0.463 e. The van der Waals surface area contributed by atoms with Gasteiger partial charge in [-0.3, -0.25) is 4.79 Å². The fourth-order valence-corrected chi connectivity index (χ4v) is 2.87. The van der Waals surface area contributed by atoms with Crippen molar-refractivity contribution in [3.8, 4) is 0 Å². The summed E-state index contributed by atoms with van der Waals surface area (Å²) in [4.78, 5) is 11.5. The number of likely N-dealkylation sites (tertiary alicyclic amines) is 1. The molecule has 0 saturated carbocycles. The van der Waals surface area contributed by atoms with Crippen LogP contribution in [0.15, 0.2) is 0 Å². The summed E-state index contributed by atoms with van der Waals surface area (Å²) < 4.78 is 84.0. The molecule has 1 aliphatic heterocycles. The van der Waals surface area contributed by atoms with Crippen LogP contribution in [-0.4, -0.2) is 55.9 Å². The van der Waals surface area contributed by atoms with Crippen molar-refractivity contribution in [2.75, 3.05) is 19.3 Å². The average Bonchev–Trinajstić information content (AvgIpc) is 2.25. The Balaban J connectivity index is 2.74. The van der Waals surface area contributed by atoms with E-state index in [-0.39, 0.29) is 12.8 Å². The third-order valence-electron chi connectivity index (χ3n) is 2.96. The number of hydrogen-bond donors (Lipinski definition) is 0. The largest absolute Gasteiger partial charge is 0.463 e. The molecule has 0 aromatic heterocycles. The van der Waals surface area contributed by atoms with Gasteiger partial charge in [0.2, 0.25) is 0 Å². The number of amides is 1. The molecule has 0 unspecified atom stereocenters. The van der Waals surface area contributed by atoms with E-state index in [1.165, 1.54) is 0 Å². The predicted octanol–water partition coefficient (Wildman–Crippen LogP) is 1.22. The molecular formula is C9H12F5NO3S. The fraction of sp³-hybridized carbons (Fsp3) is 0.889. The van der Waals surface area contributed by atoms with Gasteiger partial charge in [0, 0.05) is 19.3 Å². The molecule has 0 spiro atoms. The number of halogens is 5. The van der Waals surface area contributed by atoms with E-state index in [2.05, 4.69) is 0 Å². The van der Waals surface area contributed by atoms with E-state index >= 15 is 0 Å². The molecular weight excluding hydrogens is 297 g/mol. The van der Waals surface area contributed by atoms with Crippen LogP contribution in [0.5, 0.6) is 0 Å². The quantitative estimate of drug-likeness (QED) is 0.721. The highest BCUT2D eigenvalue weighted by molar-refractivity contribution is 7.91. The second kappa shape index (κ2) is 4.88. The molecule has 1 fully saturated rings. The number of piperidine rings is 1. The second-order valence-corrected chi connectivity index (χ2v) is 6.72. The zero-order valence-electron chi connectivity index (χ0n) is 9.88. The zero-order valence-corrected chi connectivity index (χ0v) is 10.7. The standard InChI is InChI=1S/C9H12F5NO3S/c1-19(17,18)6-2-4-15(5-3-6)7(16)8(10,11)9(12,13)14/h6H,2-5H2,1H3. The van der Waals surface area contributed by atoms with Crippen LogP contribution < -0.4 is 0 Å². The molecule has 0 N–H and O–H groups in total. The highest BCUT2D eigenvalue weighted by atomic mass is 32.2. The van der Waals surface area contributed by atoms with E-state index < -0.39 is 46.2 Å². The molecule has 112 valence electrons. The normalized spacial score (nSPS) is 19.6. The van der Waals surface area contributed by atoms with Gasteiger partial charge in [-0.15, -0.1) is 0 Å². The van der Waals surface area contributed by atoms with Gasteiger partial charge in [-0.05, 0) is 12.8 Å². The summed E-state index contributed by atoms with van der Waals surface area (Å²) in [5.41, 5.74) is 0. The molecule has 4 nitrogen and oxygen atoms in total. The molecule has 1 saturated heterocycles. The van der Waals surface area contributed by atoms with Crippen molar-refractivity contribution in [3.05, 3.63) is 0 Å². The first-order valence-corrected chi connectivity index (χ1v) is 7.25. The Morgan fingerprint density at radius 2 is 1.53 bits per heavy atom. The van der Waals surface area contributed by atoms with E-state index in [4.69, 9.17) is 0 Å². The SMILES string of the molecule is CS(=O)(=O)C1CCN(C(=O)C(F)(F)C(F)(F)F)CC1. The maximum absolute atomic E-state index is 12.8. The lowest BCUT2D eigenvalue weighted by atomic mass is 10.1. The van der Waals surface area contributed by atoms with Gasteiger partial charge >= 0.3 is 18.0 Å². The molecule has 0 atom stereocenters. The molecule has 0 aromatic rings. The Morgan fingerprint density at radius 1 is 1.11 bits per heavy atom. The molecule has 10 heteroatoms. The number of hydrogen-bond acceptors (Lipinski definition) is 3. The minimum Gasteiger partial charge on any atom is -0.337 e. The van der Waals surface area contributed by atoms with Crippen molar-refractivity contribution in [3.63, 3.8) is 0 Å². The molecule has 0 aromatic carbocycles. The van der Waals surface area contributed by atoms with Gasteiger partial charge < -0.3 is 4.90 Å². The summed E-state index contributed by atoms with van der Waals surface area (Å²) in [6.45, 7) is -0.857. The van der Waals surface area contributed by atoms with Crippen LogP contribution >= 0.6 is 0 Å². The Bertz CT molecular complexity index is 451. The van der Waals surface area contributed by atoms with E-state index in [9.17, 15) is 35.2 Å². The van der Waals surface area contributed by atoms with Gasteiger partial charge in [0.1, 0.15) is 9.84 Å². The lowest BCUT2D eigenvalue weighted by molar-refractivity contribution is -0.274. The van der Waals surface area contributed by atoms with Gasteiger partial charge in [0.05, 0.1) is 5.25 Å². The first-order chi connectivity index (χ1) is 8.37. The van der Waals surface area contributed by atoms with Crippen LogP contribution in [0.1, 0.15) is 12.8 Å². The van der Waals surface area contributed by atoms with Crippen LogP contribution in [0.3, 0.4) is 0 Å². The number of alkyl halides is 5. The summed E-state index contributed by atoms with van der Waals surface area (Å²) in [6.07, 6.45) is -5.27. The van der Waals surface area contributed by atoms with Crippen LogP contribution in [0.4, 0.5) is 22.0 Å². The topological polar surface area (TPSA) is 54.5 Å². The Kier molecular flexibility index (Phi) is 4.14. The monoisotopic (exact) mass is 309 g/mol. The summed E-state index contributed by atoms with van der Waals surface area (Å²) in [5.74, 6) is -7.77. The first-order valence-electron chi connectivity index (χ1n) is 5.30. The average molecular weight is 309 g/mol. The van der Waals surface area contributed by atoms with E-state index in [0.29, 0.717) is 4.90 Å². The van der Waals surface area contributed by atoms with Crippen LogP contribution in [0, 0.1) is 0 Å². The Morgan fingerprint density at radius 3 is 1.84 bits per heavy atom. The van der Waals surface area contributed by atoms with Gasteiger partial charge in [-0.25, -0.2) is 8.42 Å². The number of rotatable bonds is 2. The van der Waals surface area contributed by atoms with E-state index in [1.54, 1.807) is 0 Å².